The van der Waals surface area contributed by atoms with E-state index < -0.39 is 0 Å². The normalized spacial score (nSPS) is 10.2. The van der Waals surface area contributed by atoms with Gasteiger partial charge in [0.25, 0.3) is 0 Å². The zero-order valence-corrected chi connectivity index (χ0v) is 7.84. The summed E-state index contributed by atoms with van der Waals surface area (Å²) in [4.78, 5) is 22.4. The minimum Gasteiger partial charge on any atom is -0.465 e. The Morgan fingerprint density at radius 3 is 2.92 bits per heavy atom. The fourth-order valence-corrected chi connectivity index (χ4v) is 1.63. The van der Waals surface area contributed by atoms with Crippen LogP contribution in [0.4, 0.5) is 0 Å². The third-order valence-corrected chi connectivity index (χ3v) is 2.38. The molecule has 0 atom stereocenters. The molecular weight excluding hydrogens is 188 g/mol. The molecule has 4 heteroatoms. The maximum Gasteiger partial charge on any atom is 0.348 e. The zero-order valence-electron chi connectivity index (χ0n) is 7.02. The first-order valence-corrected chi connectivity index (χ1v) is 4.39. The Hall–Kier alpha value is -1.42. The molecule has 0 saturated heterocycles. The molecule has 3 nitrogen and oxygen atoms in total. The lowest BCUT2D eigenvalue weighted by atomic mass is 10.4. The molecule has 0 aromatic carbocycles. The maximum atomic E-state index is 11.0. The van der Waals surface area contributed by atoms with E-state index in [4.69, 9.17) is 0 Å². The lowest BCUT2D eigenvalue weighted by Gasteiger charge is -1.91. The molecule has 0 saturated carbocycles. The highest BCUT2D eigenvalue weighted by atomic mass is 32.1. The Kier molecular flexibility index (Phi) is 3.40. The molecular formula is C9H8O3S. The lowest BCUT2D eigenvalue weighted by Crippen LogP contribution is -1.96. The number of methoxy groups -OCH3 is 1. The summed E-state index contributed by atoms with van der Waals surface area (Å²) < 4.78 is 4.53. The lowest BCUT2D eigenvalue weighted by molar-refractivity contribution is -0.104. The van der Waals surface area contributed by atoms with E-state index in [9.17, 15) is 9.59 Å². The molecule has 0 aliphatic heterocycles. The molecule has 0 fully saturated rings. The zero-order chi connectivity index (χ0) is 9.68. The van der Waals surface area contributed by atoms with Gasteiger partial charge >= 0.3 is 5.97 Å². The van der Waals surface area contributed by atoms with Gasteiger partial charge < -0.3 is 4.74 Å². The molecule has 13 heavy (non-hydrogen) atoms. The Labute approximate surface area is 79.6 Å². The Morgan fingerprint density at radius 2 is 2.31 bits per heavy atom. The van der Waals surface area contributed by atoms with Crippen molar-refractivity contribution in [3.8, 4) is 0 Å². The van der Waals surface area contributed by atoms with Crippen molar-refractivity contribution in [3.63, 3.8) is 0 Å². The topological polar surface area (TPSA) is 43.4 Å². The fourth-order valence-electron chi connectivity index (χ4n) is 0.787. The first-order valence-electron chi connectivity index (χ1n) is 3.58. The fraction of sp³-hybridized carbons (Fsp3) is 0.111. The average Bonchev–Trinajstić information content (AvgIpc) is 2.62. The minimum absolute atomic E-state index is 0.351. The molecule has 0 bridgehead atoms. The van der Waals surface area contributed by atoms with Crippen LogP contribution in [0.5, 0.6) is 0 Å². The number of esters is 1. The first kappa shape index (κ1) is 9.67. The summed E-state index contributed by atoms with van der Waals surface area (Å²) in [6, 6.07) is 3.43. The second kappa shape index (κ2) is 4.57. The highest BCUT2D eigenvalue weighted by Gasteiger charge is 2.06. The Bertz CT molecular complexity index is 338. The van der Waals surface area contributed by atoms with Gasteiger partial charge in [-0.3, -0.25) is 4.79 Å². The van der Waals surface area contributed by atoms with Crippen molar-refractivity contribution in [2.45, 2.75) is 0 Å². The molecule has 1 aromatic rings. The van der Waals surface area contributed by atoms with Gasteiger partial charge in [0.1, 0.15) is 11.2 Å². The summed E-state index contributed by atoms with van der Waals surface area (Å²) in [7, 11) is 1.34. The molecule has 0 aliphatic carbocycles. The largest absolute Gasteiger partial charge is 0.465 e. The van der Waals surface area contributed by atoms with Crippen molar-refractivity contribution in [2.75, 3.05) is 7.11 Å². The third kappa shape index (κ3) is 2.52. The van der Waals surface area contributed by atoms with E-state index in [-0.39, 0.29) is 5.97 Å². The van der Waals surface area contributed by atoms with Gasteiger partial charge in [-0.2, -0.15) is 0 Å². The quantitative estimate of drug-likeness (QED) is 0.420. The highest BCUT2D eigenvalue weighted by molar-refractivity contribution is 7.14. The highest BCUT2D eigenvalue weighted by Crippen LogP contribution is 2.18. The monoisotopic (exact) mass is 196 g/mol. The average molecular weight is 196 g/mol. The molecule has 1 heterocycles. The minimum atomic E-state index is -0.351. The number of carbonyl (C=O) groups excluding carboxylic acids is 2. The molecule has 1 aromatic heterocycles. The van der Waals surface area contributed by atoms with Crippen LogP contribution < -0.4 is 0 Å². The summed E-state index contributed by atoms with van der Waals surface area (Å²) in [5.74, 6) is -0.351. The Morgan fingerprint density at radius 1 is 1.54 bits per heavy atom. The van der Waals surface area contributed by atoms with Crippen molar-refractivity contribution in [3.05, 3.63) is 28.0 Å². The van der Waals surface area contributed by atoms with Crippen molar-refractivity contribution >= 4 is 29.7 Å². The van der Waals surface area contributed by atoms with Crippen LogP contribution in [0.2, 0.25) is 0 Å². The van der Waals surface area contributed by atoms with Crippen molar-refractivity contribution < 1.29 is 14.3 Å². The van der Waals surface area contributed by atoms with Gasteiger partial charge in [0.05, 0.1) is 7.11 Å². The van der Waals surface area contributed by atoms with Crippen LogP contribution in [-0.2, 0) is 9.53 Å². The van der Waals surface area contributed by atoms with Gasteiger partial charge in [-0.25, -0.2) is 4.79 Å². The van der Waals surface area contributed by atoms with E-state index in [1.807, 2.05) is 0 Å². The van der Waals surface area contributed by atoms with Crippen LogP contribution in [-0.4, -0.2) is 19.4 Å². The molecule has 0 amide bonds. The molecule has 0 radical (unpaired) electrons. The smallest absolute Gasteiger partial charge is 0.348 e. The number of aldehydes is 1. The van der Waals surface area contributed by atoms with E-state index >= 15 is 0 Å². The maximum absolute atomic E-state index is 11.0. The number of ether oxygens (including phenoxy) is 1. The SMILES string of the molecule is COC(=O)c1ccc(C=CC=O)s1. The summed E-state index contributed by atoms with van der Waals surface area (Å²) in [5.41, 5.74) is 0. The predicted molar refractivity (Wildman–Crippen MR) is 50.8 cm³/mol. The van der Waals surface area contributed by atoms with Gasteiger partial charge in [0, 0.05) is 4.88 Å². The van der Waals surface area contributed by atoms with Crippen LogP contribution in [0.3, 0.4) is 0 Å². The summed E-state index contributed by atoms with van der Waals surface area (Å²) in [6.07, 6.45) is 3.72. The number of hydrogen-bond acceptors (Lipinski definition) is 4. The van der Waals surface area contributed by atoms with Crippen LogP contribution in [0.1, 0.15) is 14.5 Å². The van der Waals surface area contributed by atoms with Gasteiger partial charge in [-0.05, 0) is 24.3 Å². The van der Waals surface area contributed by atoms with Crippen LogP contribution in [0, 0.1) is 0 Å². The van der Waals surface area contributed by atoms with E-state index in [1.54, 1.807) is 18.2 Å². The van der Waals surface area contributed by atoms with Crippen LogP contribution in [0.25, 0.3) is 6.08 Å². The molecule has 1 rings (SSSR count). The van der Waals surface area contributed by atoms with Crippen molar-refractivity contribution in [2.24, 2.45) is 0 Å². The molecule has 0 spiro atoms. The second-order valence-corrected chi connectivity index (χ2v) is 3.30. The van der Waals surface area contributed by atoms with Crippen molar-refractivity contribution in [1.82, 2.24) is 0 Å². The molecule has 0 unspecified atom stereocenters. The van der Waals surface area contributed by atoms with Gasteiger partial charge in [-0.15, -0.1) is 11.3 Å². The predicted octanol–water partition coefficient (Wildman–Crippen LogP) is 1.75. The summed E-state index contributed by atoms with van der Waals surface area (Å²) in [5, 5.41) is 0. The second-order valence-electron chi connectivity index (χ2n) is 2.19. The summed E-state index contributed by atoms with van der Waals surface area (Å²) >= 11 is 1.29. The van der Waals surface area contributed by atoms with E-state index in [0.717, 1.165) is 4.88 Å². The van der Waals surface area contributed by atoms with Crippen LogP contribution in [0.15, 0.2) is 18.2 Å². The van der Waals surface area contributed by atoms with Gasteiger partial charge in [0.15, 0.2) is 0 Å². The van der Waals surface area contributed by atoms with Crippen LogP contribution >= 0.6 is 11.3 Å². The van der Waals surface area contributed by atoms with Gasteiger partial charge in [0.2, 0.25) is 0 Å². The number of thiophene rings is 1. The molecule has 68 valence electrons. The number of carbonyl (C=O) groups is 2. The number of hydrogen-bond donors (Lipinski definition) is 0. The van der Waals surface area contributed by atoms with E-state index in [1.165, 1.54) is 24.5 Å². The first-order chi connectivity index (χ1) is 6.27. The van der Waals surface area contributed by atoms with Gasteiger partial charge in [-0.1, -0.05) is 0 Å². The third-order valence-electron chi connectivity index (χ3n) is 1.35. The number of rotatable bonds is 3. The molecule has 0 N–H and O–H groups in total. The Balaban J connectivity index is 2.80. The number of allylic oxidation sites excluding steroid dienone is 1. The van der Waals surface area contributed by atoms with E-state index in [0.29, 0.717) is 11.2 Å². The summed E-state index contributed by atoms with van der Waals surface area (Å²) in [6.45, 7) is 0. The molecule has 0 aliphatic rings. The standard InChI is InChI=1S/C9H8O3S/c1-12-9(11)8-5-4-7(13-8)3-2-6-10/h2-6H,1H3. The van der Waals surface area contributed by atoms with E-state index in [2.05, 4.69) is 4.74 Å². The van der Waals surface area contributed by atoms with Crippen molar-refractivity contribution in [1.29, 1.82) is 0 Å².